The summed E-state index contributed by atoms with van der Waals surface area (Å²) in [5.41, 5.74) is -2.85. The summed E-state index contributed by atoms with van der Waals surface area (Å²) in [4.78, 5) is 51.6. The predicted octanol–water partition coefficient (Wildman–Crippen LogP) is 6.67. The molecule has 10 aliphatic heterocycles. The Hall–Kier alpha value is -8.24. The Morgan fingerprint density at radius 2 is 0.354 bits per heavy atom. The average Bonchev–Trinajstić information content (AvgIpc) is 1.55. The third-order valence-electron chi connectivity index (χ3n) is 19.6. The Morgan fingerprint density at radius 1 is 0.208 bits per heavy atom. The van der Waals surface area contributed by atoms with Crippen LogP contribution in [0.5, 0.6) is 0 Å². The number of anilines is 8. The summed E-state index contributed by atoms with van der Waals surface area (Å²) in [7, 11) is 0. The number of hydrogen-bond acceptors (Lipinski definition) is 22. The Bertz CT molecular complexity index is 3900. The van der Waals surface area contributed by atoms with Crippen LogP contribution in [0, 0.1) is 46.5 Å². The maximum Gasteiger partial charge on any atom is 0.185 e. The number of nitrogens with one attached hydrogen (secondary N) is 2. The number of H-pyrrole nitrogens is 2. The zero-order valence-electron chi connectivity index (χ0n) is 52.2. The molecule has 0 amide bonds. The lowest BCUT2D eigenvalue weighted by Gasteiger charge is -2.34. The van der Waals surface area contributed by atoms with Crippen molar-refractivity contribution >= 4 is 89.6 Å². The fourth-order valence-corrected chi connectivity index (χ4v) is 15.1. The Labute approximate surface area is 542 Å². The van der Waals surface area contributed by atoms with Crippen LogP contribution in [0.15, 0.2) is 0 Å². The third-order valence-corrected chi connectivity index (χ3v) is 19.6. The number of fused-ring (bicyclic) bond motifs is 20. The highest BCUT2D eigenvalue weighted by Crippen LogP contribution is 2.55. The average molecular weight is 1340 g/mol. The first kappa shape index (κ1) is 61.4. The first-order chi connectivity index (χ1) is 47.0. The Kier molecular flexibility index (Phi) is 16.0. The number of hydrogen-bond donors (Lipinski definition) is 2. The smallest absolute Gasteiger partial charge is 0.185 e. The monoisotopic (exact) mass is 1340 g/mol. The molecule has 8 fully saturated rings. The van der Waals surface area contributed by atoms with Gasteiger partial charge in [-0.1, -0.05) is 0 Å². The summed E-state index contributed by atoms with van der Waals surface area (Å²) in [6.45, 7) is 3.34. The molecule has 17 rings (SSSR count). The van der Waals surface area contributed by atoms with Gasteiger partial charge in [0, 0.05) is 105 Å². The molecule has 506 valence electrons. The number of morpholine rings is 8. The predicted molar refractivity (Wildman–Crippen MR) is 340 cm³/mol. The minimum absolute atomic E-state index is 0.0119. The standard InChI is InChI=1S/C64H66F8N16O8/c65-41-42(66)50(82-3-19-90-20-4-82)34-33(49(41)81-1-17-89-18-2-81)57-73-58(34)78-60-37-38(54(86-11-27-94-28-12-86)46(70)45(69)53(37)85-9-25-93-26-10-85)62(75-60)80-64-40-39(55(87-13-29-95-30-14-87)47(71)48(72)56(40)88-15-31-96-32-16-88)63(76-64)79-61-36-35(59(74-61)77-57)51(83-5-21-91-22-6-83)43(67)44(68)52(36)84-7-23-92-24-8-84/h1-32H2,(H2,73,74,75,76,77,78,79,80). The lowest BCUT2D eigenvalue weighted by molar-refractivity contribution is 0.122. The van der Waals surface area contributed by atoms with Crippen LogP contribution in [-0.4, -0.2) is 250 Å². The minimum atomic E-state index is -1.24. The Morgan fingerprint density at radius 3 is 0.521 bits per heavy atom. The number of halogens is 8. The molecule has 2 N–H and O–H groups in total. The van der Waals surface area contributed by atoms with Gasteiger partial charge in [0.15, 0.2) is 69.8 Å². The zero-order chi connectivity index (χ0) is 65.0. The van der Waals surface area contributed by atoms with E-state index in [-0.39, 0.29) is 346 Å². The van der Waals surface area contributed by atoms with E-state index in [0.29, 0.717) is 0 Å². The highest BCUT2D eigenvalue weighted by Gasteiger charge is 2.43. The lowest BCUT2D eigenvalue weighted by Crippen LogP contribution is -2.39. The van der Waals surface area contributed by atoms with Gasteiger partial charge in [0.2, 0.25) is 0 Å². The largest absolute Gasteiger partial charge is 0.378 e. The molecule has 13 heterocycles. The molecule has 8 bridgehead atoms. The van der Waals surface area contributed by atoms with Crippen LogP contribution in [0.2, 0.25) is 0 Å². The second-order valence-corrected chi connectivity index (χ2v) is 24.7. The van der Waals surface area contributed by atoms with Gasteiger partial charge >= 0.3 is 0 Å². The normalized spacial score (nSPS) is 19.9. The molecule has 0 spiro atoms. The van der Waals surface area contributed by atoms with E-state index < -0.39 is 46.5 Å². The molecule has 0 aliphatic carbocycles. The molecule has 0 saturated carbocycles. The molecule has 32 heteroatoms. The number of ether oxygens (including phenoxy) is 8. The maximum absolute atomic E-state index is 18.1. The van der Waals surface area contributed by atoms with Crippen molar-refractivity contribution in [2.24, 2.45) is 0 Å². The molecule has 96 heavy (non-hydrogen) atoms. The zero-order valence-corrected chi connectivity index (χ0v) is 52.2. The summed E-state index contributed by atoms with van der Waals surface area (Å²) < 4.78 is 191. The molecule has 3 aromatic heterocycles. The quantitative estimate of drug-likeness (QED) is 0.152. The van der Waals surface area contributed by atoms with Crippen LogP contribution < -0.4 is 39.2 Å². The summed E-state index contributed by atoms with van der Waals surface area (Å²) in [6.07, 6.45) is 0. The Balaban J connectivity index is 1.12. The molecule has 0 unspecified atom stereocenters. The van der Waals surface area contributed by atoms with Gasteiger partial charge < -0.3 is 87.1 Å². The molecule has 0 radical (unpaired) electrons. The summed E-state index contributed by atoms with van der Waals surface area (Å²) in [6, 6.07) is 0. The SMILES string of the molecule is Fc1c(F)c(N2CCOCC2)c2c(c1N1CCOCC1)-c1nc-2nc2[nH]c(nc3nc(nc4[nH]c(n1)c1c(N5CCOCC5)c(F)c(F)c(N5CCOCC5)c41)-c1c-3c(N3CCOCC3)c(F)c(F)c1N1CCOCC1)c1c(N3CCOCC3)c(F)c(F)c(N3CCOCC3)c21. The van der Waals surface area contributed by atoms with Gasteiger partial charge in [-0.15, -0.1) is 0 Å². The lowest BCUT2D eigenvalue weighted by atomic mass is 9.99. The van der Waals surface area contributed by atoms with E-state index in [0.717, 1.165) is 0 Å². The van der Waals surface area contributed by atoms with Gasteiger partial charge in [-0.25, -0.2) is 65.0 Å². The van der Waals surface area contributed by atoms with E-state index in [2.05, 4.69) is 9.97 Å². The van der Waals surface area contributed by atoms with E-state index in [1.807, 2.05) is 0 Å². The van der Waals surface area contributed by atoms with Crippen molar-refractivity contribution < 1.29 is 73.0 Å². The van der Waals surface area contributed by atoms with E-state index in [1.165, 1.54) is 0 Å². The molecule has 24 nitrogen and oxygen atoms in total. The molecule has 10 aliphatic rings. The van der Waals surface area contributed by atoms with Crippen molar-refractivity contribution in [3.63, 3.8) is 0 Å². The van der Waals surface area contributed by atoms with Crippen LogP contribution in [0.3, 0.4) is 0 Å². The fourth-order valence-electron chi connectivity index (χ4n) is 15.1. The van der Waals surface area contributed by atoms with Crippen molar-refractivity contribution in [3.05, 3.63) is 46.5 Å². The number of nitrogens with zero attached hydrogens (tertiary/aromatic N) is 14. The van der Waals surface area contributed by atoms with E-state index in [9.17, 15) is 0 Å². The highest BCUT2D eigenvalue weighted by atomic mass is 19.2. The molecule has 4 aromatic carbocycles. The third kappa shape index (κ3) is 10.0. The maximum atomic E-state index is 18.1. The molecule has 8 saturated heterocycles. The second kappa shape index (κ2) is 25.0. The molecule has 0 atom stereocenters. The van der Waals surface area contributed by atoms with Crippen LogP contribution >= 0.6 is 0 Å². The first-order valence-electron chi connectivity index (χ1n) is 32.7. The van der Waals surface area contributed by atoms with Gasteiger partial charge in [-0.05, 0) is 0 Å². The van der Waals surface area contributed by atoms with E-state index >= 15 is 35.1 Å². The van der Waals surface area contributed by atoms with Crippen LogP contribution in [0.25, 0.3) is 89.7 Å². The van der Waals surface area contributed by atoms with Gasteiger partial charge in [-0.3, -0.25) is 0 Å². The molecular weight excluding hydrogens is 1270 g/mol. The van der Waals surface area contributed by atoms with Crippen molar-refractivity contribution in [3.8, 4) is 45.6 Å². The number of aromatic amines is 2. The van der Waals surface area contributed by atoms with Crippen LogP contribution in [0.4, 0.5) is 80.6 Å². The van der Waals surface area contributed by atoms with Gasteiger partial charge in [0.05, 0.1) is 195 Å². The fraction of sp³-hybridized carbons (Fsp3) is 0.500. The van der Waals surface area contributed by atoms with Crippen molar-refractivity contribution in [1.29, 1.82) is 0 Å². The first-order valence-corrected chi connectivity index (χ1v) is 32.7. The van der Waals surface area contributed by atoms with Gasteiger partial charge in [-0.2, -0.15) is 0 Å². The topological polar surface area (TPSA) is 209 Å². The minimum Gasteiger partial charge on any atom is -0.378 e. The van der Waals surface area contributed by atoms with Crippen LogP contribution in [-0.2, 0) is 37.9 Å². The second-order valence-electron chi connectivity index (χ2n) is 24.7. The molecular formula is C64H66F8N16O8. The van der Waals surface area contributed by atoms with E-state index in [4.69, 9.17) is 67.8 Å². The van der Waals surface area contributed by atoms with Gasteiger partial charge in [0.1, 0.15) is 22.6 Å². The highest BCUT2D eigenvalue weighted by molar-refractivity contribution is 6.20. The summed E-state index contributed by atoms with van der Waals surface area (Å²) >= 11 is 0. The van der Waals surface area contributed by atoms with Crippen molar-refractivity contribution in [2.45, 2.75) is 0 Å². The van der Waals surface area contributed by atoms with Crippen molar-refractivity contribution in [2.75, 3.05) is 250 Å². The van der Waals surface area contributed by atoms with E-state index in [1.54, 1.807) is 39.2 Å². The molecule has 7 aromatic rings. The summed E-state index contributed by atoms with van der Waals surface area (Å²) in [5.74, 6) is -11.0. The van der Waals surface area contributed by atoms with Crippen LogP contribution in [0.1, 0.15) is 0 Å². The number of rotatable bonds is 8. The van der Waals surface area contributed by atoms with Gasteiger partial charge in [0.25, 0.3) is 0 Å². The summed E-state index contributed by atoms with van der Waals surface area (Å²) in [5, 5.41) is -0.0474. The number of benzene rings is 4. The van der Waals surface area contributed by atoms with Crippen molar-refractivity contribution in [1.82, 2.24) is 39.9 Å². The number of aromatic nitrogens is 8.